The normalized spacial score (nSPS) is 11.1. The predicted molar refractivity (Wildman–Crippen MR) is 76.8 cm³/mol. The summed E-state index contributed by atoms with van der Waals surface area (Å²) in [6.07, 6.45) is 2.04. The summed E-state index contributed by atoms with van der Waals surface area (Å²) in [7, 11) is 0. The number of carbonyl (C=O) groups is 1. The number of hydrogen-bond donors (Lipinski definition) is 1. The van der Waals surface area contributed by atoms with Crippen molar-refractivity contribution in [1.29, 1.82) is 0 Å². The van der Waals surface area contributed by atoms with Gasteiger partial charge in [0, 0.05) is 6.42 Å². The Bertz CT molecular complexity index is 727. The highest BCUT2D eigenvalue weighted by Gasteiger charge is 2.12. The van der Waals surface area contributed by atoms with Crippen molar-refractivity contribution >= 4 is 16.8 Å². The zero-order chi connectivity index (χ0) is 14.7. The fraction of sp³-hybridized carbons (Fsp3) is 0.333. The van der Waals surface area contributed by atoms with Crippen LogP contribution in [-0.2, 0) is 17.6 Å². The average molecular weight is 284 g/mol. The lowest BCUT2D eigenvalue weighted by Gasteiger charge is -1.91. The fourth-order valence-corrected chi connectivity index (χ4v) is 2.21. The minimum atomic E-state index is 0.122. The molecule has 3 aromatic rings. The standard InChI is InChI=1S/C15H16N4O2/c1-2-5-10(20)8-15-18-14(19-21-15)9-13-16-11-6-3-4-7-12(11)17-13/h3-4,6-7H,2,5,8-9H2,1H3,(H,16,17). The van der Waals surface area contributed by atoms with Gasteiger partial charge in [0.05, 0.1) is 23.9 Å². The zero-order valence-corrected chi connectivity index (χ0v) is 11.8. The molecule has 0 amide bonds. The summed E-state index contributed by atoms with van der Waals surface area (Å²) in [5, 5.41) is 3.90. The number of hydrogen-bond acceptors (Lipinski definition) is 5. The summed E-state index contributed by atoms with van der Waals surface area (Å²) in [5.41, 5.74) is 1.89. The van der Waals surface area contributed by atoms with E-state index in [2.05, 4.69) is 20.1 Å². The smallest absolute Gasteiger partial charge is 0.234 e. The van der Waals surface area contributed by atoms with E-state index in [1.807, 2.05) is 31.2 Å². The molecule has 21 heavy (non-hydrogen) atoms. The van der Waals surface area contributed by atoms with Gasteiger partial charge < -0.3 is 9.51 Å². The minimum Gasteiger partial charge on any atom is -0.342 e. The summed E-state index contributed by atoms with van der Waals surface area (Å²) in [4.78, 5) is 23.5. The van der Waals surface area contributed by atoms with Crippen LogP contribution in [0.5, 0.6) is 0 Å². The number of ketones is 1. The lowest BCUT2D eigenvalue weighted by Crippen LogP contribution is -2.02. The number of H-pyrrole nitrogens is 1. The van der Waals surface area contributed by atoms with Crippen LogP contribution in [0.2, 0.25) is 0 Å². The second-order valence-electron chi connectivity index (χ2n) is 4.95. The number of nitrogens with zero attached hydrogens (tertiary/aromatic N) is 3. The van der Waals surface area contributed by atoms with Crippen LogP contribution in [0.3, 0.4) is 0 Å². The molecule has 0 atom stereocenters. The molecule has 0 unspecified atom stereocenters. The maximum absolute atomic E-state index is 11.6. The molecular weight excluding hydrogens is 268 g/mol. The van der Waals surface area contributed by atoms with E-state index in [1.165, 1.54) is 0 Å². The van der Waals surface area contributed by atoms with Gasteiger partial charge in [-0.15, -0.1) is 0 Å². The quantitative estimate of drug-likeness (QED) is 0.751. The number of nitrogens with one attached hydrogen (secondary N) is 1. The van der Waals surface area contributed by atoms with Gasteiger partial charge in [0.2, 0.25) is 5.89 Å². The van der Waals surface area contributed by atoms with Crippen LogP contribution in [-0.4, -0.2) is 25.9 Å². The predicted octanol–water partition coefficient (Wildman–Crippen LogP) is 2.45. The summed E-state index contributed by atoms with van der Waals surface area (Å²) in [6.45, 7) is 1.97. The second kappa shape index (κ2) is 5.87. The van der Waals surface area contributed by atoms with Crippen molar-refractivity contribution in [2.45, 2.75) is 32.6 Å². The Morgan fingerprint density at radius 3 is 2.95 bits per heavy atom. The molecule has 1 N–H and O–H groups in total. The molecule has 0 bridgehead atoms. The highest BCUT2D eigenvalue weighted by Crippen LogP contribution is 2.12. The van der Waals surface area contributed by atoms with Gasteiger partial charge in [-0.25, -0.2) is 4.98 Å². The summed E-state index contributed by atoms with van der Waals surface area (Å²) in [6, 6.07) is 7.81. The molecule has 2 heterocycles. The first-order valence-electron chi connectivity index (χ1n) is 7.01. The van der Waals surface area contributed by atoms with E-state index in [-0.39, 0.29) is 12.2 Å². The number of fused-ring (bicyclic) bond motifs is 1. The number of imidazole rings is 1. The van der Waals surface area contributed by atoms with Crippen LogP contribution in [0.4, 0.5) is 0 Å². The number of para-hydroxylation sites is 2. The van der Waals surface area contributed by atoms with Crippen molar-refractivity contribution in [3.63, 3.8) is 0 Å². The Morgan fingerprint density at radius 1 is 1.29 bits per heavy atom. The molecule has 2 aromatic heterocycles. The van der Waals surface area contributed by atoms with Crippen molar-refractivity contribution in [2.75, 3.05) is 0 Å². The topological polar surface area (TPSA) is 84.7 Å². The van der Waals surface area contributed by atoms with Gasteiger partial charge in [-0.2, -0.15) is 4.98 Å². The third-order valence-electron chi connectivity index (χ3n) is 3.15. The Balaban J connectivity index is 1.70. The Morgan fingerprint density at radius 2 is 2.14 bits per heavy atom. The van der Waals surface area contributed by atoms with Crippen molar-refractivity contribution < 1.29 is 9.32 Å². The molecule has 6 heteroatoms. The molecule has 3 rings (SSSR count). The third kappa shape index (κ3) is 3.16. The van der Waals surface area contributed by atoms with Gasteiger partial charge in [0.25, 0.3) is 0 Å². The van der Waals surface area contributed by atoms with Gasteiger partial charge in [-0.05, 0) is 18.6 Å². The van der Waals surface area contributed by atoms with E-state index in [4.69, 9.17) is 4.52 Å². The highest BCUT2D eigenvalue weighted by molar-refractivity contribution is 5.79. The van der Waals surface area contributed by atoms with Gasteiger partial charge in [0.1, 0.15) is 11.6 Å². The number of Topliss-reactive ketones (excluding diaryl/α,β-unsaturated/α-hetero) is 1. The lowest BCUT2D eigenvalue weighted by molar-refractivity contribution is -0.118. The van der Waals surface area contributed by atoms with Crippen LogP contribution >= 0.6 is 0 Å². The van der Waals surface area contributed by atoms with Crippen molar-refractivity contribution in [2.24, 2.45) is 0 Å². The van der Waals surface area contributed by atoms with Crippen LogP contribution in [0.25, 0.3) is 11.0 Å². The van der Waals surface area contributed by atoms with Gasteiger partial charge in [0.15, 0.2) is 5.82 Å². The zero-order valence-electron chi connectivity index (χ0n) is 11.8. The first-order valence-corrected chi connectivity index (χ1v) is 7.01. The fourth-order valence-electron chi connectivity index (χ4n) is 2.21. The highest BCUT2D eigenvalue weighted by atomic mass is 16.5. The summed E-state index contributed by atoms with van der Waals surface area (Å²) >= 11 is 0. The molecule has 0 saturated heterocycles. The third-order valence-corrected chi connectivity index (χ3v) is 3.15. The Labute approximate surface area is 121 Å². The van der Waals surface area contributed by atoms with Gasteiger partial charge >= 0.3 is 0 Å². The molecule has 0 spiro atoms. The molecule has 6 nitrogen and oxygen atoms in total. The first-order chi connectivity index (χ1) is 10.2. The van der Waals surface area contributed by atoms with Crippen LogP contribution < -0.4 is 0 Å². The molecule has 108 valence electrons. The van der Waals surface area contributed by atoms with Crippen LogP contribution in [0, 0.1) is 0 Å². The van der Waals surface area contributed by atoms with Crippen molar-refractivity contribution in [3.8, 4) is 0 Å². The maximum atomic E-state index is 11.6. The van der Waals surface area contributed by atoms with E-state index in [0.717, 1.165) is 23.3 Å². The van der Waals surface area contributed by atoms with E-state index < -0.39 is 0 Å². The van der Waals surface area contributed by atoms with E-state index in [1.54, 1.807) is 0 Å². The molecule has 0 aliphatic heterocycles. The first kappa shape index (κ1) is 13.5. The van der Waals surface area contributed by atoms with E-state index in [9.17, 15) is 4.79 Å². The SMILES string of the molecule is CCCC(=O)Cc1nc(Cc2nc3ccccc3[nH]2)no1. The number of aromatic amines is 1. The minimum absolute atomic E-state index is 0.122. The van der Waals surface area contributed by atoms with Crippen LogP contribution in [0.15, 0.2) is 28.8 Å². The van der Waals surface area contributed by atoms with E-state index in [0.29, 0.717) is 24.6 Å². The molecule has 0 saturated carbocycles. The molecular formula is C15H16N4O2. The lowest BCUT2D eigenvalue weighted by atomic mass is 10.2. The van der Waals surface area contributed by atoms with Crippen LogP contribution in [0.1, 0.15) is 37.3 Å². The summed E-state index contributed by atoms with van der Waals surface area (Å²) in [5.74, 6) is 1.81. The maximum Gasteiger partial charge on any atom is 0.234 e. The summed E-state index contributed by atoms with van der Waals surface area (Å²) < 4.78 is 5.10. The van der Waals surface area contributed by atoms with Gasteiger partial charge in [-0.3, -0.25) is 4.79 Å². The van der Waals surface area contributed by atoms with Crippen molar-refractivity contribution in [1.82, 2.24) is 20.1 Å². The monoisotopic (exact) mass is 284 g/mol. The number of carbonyl (C=O) groups excluding carboxylic acids is 1. The molecule has 1 aromatic carbocycles. The molecule has 0 aliphatic rings. The second-order valence-corrected chi connectivity index (χ2v) is 4.95. The molecule has 0 aliphatic carbocycles. The van der Waals surface area contributed by atoms with Crippen molar-refractivity contribution in [3.05, 3.63) is 41.8 Å². The molecule has 0 radical (unpaired) electrons. The average Bonchev–Trinajstić information content (AvgIpc) is 3.05. The number of aromatic nitrogens is 4. The molecule has 0 fully saturated rings. The Kier molecular flexibility index (Phi) is 3.77. The number of benzene rings is 1. The van der Waals surface area contributed by atoms with Gasteiger partial charge in [-0.1, -0.05) is 24.2 Å². The Hall–Kier alpha value is -2.50. The largest absolute Gasteiger partial charge is 0.342 e. The van der Waals surface area contributed by atoms with E-state index >= 15 is 0 Å². The number of rotatable bonds is 6.